The van der Waals surface area contributed by atoms with Crippen LogP contribution in [-0.2, 0) is 10.0 Å². The van der Waals surface area contributed by atoms with Crippen LogP contribution in [0.2, 0.25) is 5.15 Å². The molecule has 24 heavy (non-hydrogen) atoms. The van der Waals surface area contributed by atoms with Crippen LogP contribution in [0.4, 0.5) is 5.69 Å². The average Bonchev–Trinajstić information content (AvgIpc) is 2.58. The Balaban J connectivity index is 2.05. The number of nitrogens with zero attached hydrogens (tertiary/aromatic N) is 1. The van der Waals surface area contributed by atoms with Gasteiger partial charge in [-0.1, -0.05) is 60.1 Å². The smallest absolute Gasteiger partial charge is 0.262 e. The van der Waals surface area contributed by atoms with Crippen LogP contribution in [0.5, 0.6) is 0 Å². The van der Waals surface area contributed by atoms with E-state index < -0.39 is 10.0 Å². The number of hydrogen-bond acceptors (Lipinski definition) is 3. The number of sulfonamides is 1. The molecule has 0 amide bonds. The number of anilines is 1. The van der Waals surface area contributed by atoms with E-state index in [1.54, 1.807) is 37.3 Å². The van der Waals surface area contributed by atoms with E-state index in [1.165, 1.54) is 0 Å². The van der Waals surface area contributed by atoms with Crippen molar-refractivity contribution >= 4 is 27.3 Å². The van der Waals surface area contributed by atoms with E-state index in [2.05, 4.69) is 9.71 Å². The second-order valence-electron chi connectivity index (χ2n) is 5.26. The summed E-state index contributed by atoms with van der Waals surface area (Å²) in [6, 6.07) is 19.5. The first-order chi connectivity index (χ1) is 11.5. The Morgan fingerprint density at radius 1 is 0.917 bits per heavy atom. The highest BCUT2D eigenvalue weighted by Gasteiger charge is 2.20. The largest absolute Gasteiger partial charge is 0.276 e. The zero-order chi connectivity index (χ0) is 17.2. The summed E-state index contributed by atoms with van der Waals surface area (Å²) in [4.78, 5) is 4.26. The first kappa shape index (κ1) is 16.5. The Hall–Kier alpha value is -2.37. The third kappa shape index (κ3) is 3.42. The van der Waals surface area contributed by atoms with Gasteiger partial charge < -0.3 is 0 Å². The molecule has 0 bridgehead atoms. The zero-order valence-electron chi connectivity index (χ0n) is 12.9. The van der Waals surface area contributed by atoms with Crippen LogP contribution in [0.15, 0.2) is 71.6 Å². The Morgan fingerprint density at radius 2 is 1.58 bits per heavy atom. The third-order valence-electron chi connectivity index (χ3n) is 3.49. The van der Waals surface area contributed by atoms with Gasteiger partial charge >= 0.3 is 0 Å². The van der Waals surface area contributed by atoms with Gasteiger partial charge in [-0.3, -0.25) is 4.72 Å². The SMILES string of the molecule is Cc1ccc(NS(=O)(=O)c2ccccc2-c2ccccc2)c(Cl)n1. The summed E-state index contributed by atoms with van der Waals surface area (Å²) in [6.07, 6.45) is 0. The fraction of sp³-hybridized carbons (Fsp3) is 0.0556. The average molecular weight is 359 g/mol. The van der Waals surface area contributed by atoms with Gasteiger partial charge in [0.25, 0.3) is 10.0 Å². The summed E-state index contributed by atoms with van der Waals surface area (Å²) in [5.74, 6) is 0. The van der Waals surface area contributed by atoms with E-state index in [-0.39, 0.29) is 15.7 Å². The molecule has 122 valence electrons. The fourth-order valence-electron chi connectivity index (χ4n) is 2.36. The predicted octanol–water partition coefficient (Wildman–Crippen LogP) is 4.51. The topological polar surface area (TPSA) is 59.1 Å². The Kier molecular flexibility index (Phi) is 4.55. The standard InChI is InChI=1S/C18H15ClN2O2S/c1-13-11-12-16(18(19)20-13)21-24(22,23)17-10-6-5-9-15(17)14-7-3-2-4-8-14/h2-12,21H,1H3. The van der Waals surface area contributed by atoms with Crippen molar-refractivity contribution in [3.05, 3.63) is 77.6 Å². The normalized spacial score (nSPS) is 11.2. The summed E-state index contributed by atoms with van der Waals surface area (Å²) >= 11 is 6.04. The molecule has 0 spiro atoms. The van der Waals surface area contributed by atoms with E-state index in [9.17, 15) is 8.42 Å². The maximum atomic E-state index is 12.8. The van der Waals surface area contributed by atoms with E-state index in [1.807, 2.05) is 36.4 Å². The minimum Gasteiger partial charge on any atom is -0.276 e. The molecule has 0 unspecified atom stereocenters. The van der Waals surface area contributed by atoms with Crippen LogP contribution in [-0.4, -0.2) is 13.4 Å². The summed E-state index contributed by atoms with van der Waals surface area (Å²) in [5, 5.41) is 0.121. The molecule has 1 N–H and O–H groups in total. The summed E-state index contributed by atoms with van der Waals surface area (Å²) in [6.45, 7) is 1.79. The van der Waals surface area contributed by atoms with Crippen LogP contribution in [0.25, 0.3) is 11.1 Å². The van der Waals surface area contributed by atoms with Crippen molar-refractivity contribution in [2.24, 2.45) is 0 Å². The molecule has 0 radical (unpaired) electrons. The second-order valence-corrected chi connectivity index (χ2v) is 7.27. The number of halogens is 1. The van der Waals surface area contributed by atoms with Crippen LogP contribution in [0.1, 0.15) is 5.69 Å². The Bertz CT molecular complexity index is 973. The summed E-state index contributed by atoms with van der Waals surface area (Å²) < 4.78 is 28.2. The molecule has 1 heterocycles. The molecule has 0 aliphatic heterocycles. The van der Waals surface area contributed by atoms with E-state index in [0.29, 0.717) is 11.3 Å². The van der Waals surface area contributed by atoms with Gasteiger partial charge in [0.2, 0.25) is 0 Å². The van der Waals surface area contributed by atoms with Gasteiger partial charge in [0.05, 0.1) is 10.6 Å². The number of benzene rings is 2. The number of pyridine rings is 1. The molecule has 2 aromatic carbocycles. The van der Waals surface area contributed by atoms with Crippen molar-refractivity contribution in [2.75, 3.05) is 4.72 Å². The lowest BCUT2D eigenvalue weighted by Gasteiger charge is -2.13. The van der Waals surface area contributed by atoms with Gasteiger partial charge in [-0.25, -0.2) is 13.4 Å². The first-order valence-corrected chi connectivity index (χ1v) is 9.14. The molecule has 0 atom stereocenters. The lowest BCUT2D eigenvalue weighted by molar-refractivity contribution is 0.601. The van der Waals surface area contributed by atoms with Crippen molar-refractivity contribution in [2.45, 2.75) is 11.8 Å². The molecule has 1 aromatic heterocycles. The quantitative estimate of drug-likeness (QED) is 0.698. The fourth-order valence-corrected chi connectivity index (χ4v) is 3.95. The summed E-state index contributed by atoms with van der Waals surface area (Å²) in [5.41, 5.74) is 2.42. The molecule has 0 aliphatic carbocycles. The van der Waals surface area contributed by atoms with Crippen LogP contribution < -0.4 is 4.72 Å². The Morgan fingerprint density at radius 3 is 2.29 bits per heavy atom. The number of aryl methyl sites for hydroxylation is 1. The highest BCUT2D eigenvalue weighted by atomic mass is 35.5. The van der Waals surface area contributed by atoms with Gasteiger partial charge in [0.15, 0.2) is 5.15 Å². The minimum absolute atomic E-state index is 0.121. The molecule has 0 saturated carbocycles. The minimum atomic E-state index is -3.80. The molecular formula is C18H15ClN2O2S. The lowest BCUT2D eigenvalue weighted by atomic mass is 10.1. The monoisotopic (exact) mass is 358 g/mol. The molecule has 0 aliphatic rings. The van der Waals surface area contributed by atoms with Crippen LogP contribution in [0.3, 0.4) is 0 Å². The molecule has 4 nitrogen and oxygen atoms in total. The molecular weight excluding hydrogens is 344 g/mol. The van der Waals surface area contributed by atoms with Gasteiger partial charge in [-0.15, -0.1) is 0 Å². The summed E-state index contributed by atoms with van der Waals surface area (Å²) in [7, 11) is -3.80. The highest BCUT2D eigenvalue weighted by molar-refractivity contribution is 7.92. The van der Waals surface area contributed by atoms with Gasteiger partial charge in [0.1, 0.15) is 0 Å². The van der Waals surface area contributed by atoms with Crippen molar-refractivity contribution in [1.29, 1.82) is 0 Å². The van der Waals surface area contributed by atoms with E-state index >= 15 is 0 Å². The van der Waals surface area contributed by atoms with Gasteiger partial charge in [0, 0.05) is 11.3 Å². The van der Waals surface area contributed by atoms with E-state index in [4.69, 9.17) is 11.6 Å². The number of aromatic nitrogens is 1. The second kappa shape index (κ2) is 6.63. The number of hydrogen-bond donors (Lipinski definition) is 1. The van der Waals surface area contributed by atoms with E-state index in [0.717, 1.165) is 5.56 Å². The van der Waals surface area contributed by atoms with Crippen molar-refractivity contribution in [3.8, 4) is 11.1 Å². The molecule has 6 heteroatoms. The first-order valence-electron chi connectivity index (χ1n) is 7.28. The van der Waals surface area contributed by atoms with Gasteiger partial charge in [-0.05, 0) is 30.7 Å². The predicted molar refractivity (Wildman–Crippen MR) is 96.7 cm³/mol. The third-order valence-corrected chi connectivity index (χ3v) is 5.21. The van der Waals surface area contributed by atoms with Crippen LogP contribution >= 0.6 is 11.6 Å². The molecule has 3 aromatic rings. The number of nitrogens with one attached hydrogen (secondary N) is 1. The van der Waals surface area contributed by atoms with Crippen molar-refractivity contribution in [1.82, 2.24) is 4.98 Å². The highest BCUT2D eigenvalue weighted by Crippen LogP contribution is 2.29. The number of rotatable bonds is 4. The molecule has 0 saturated heterocycles. The maximum Gasteiger partial charge on any atom is 0.262 e. The molecule has 0 fully saturated rings. The van der Waals surface area contributed by atoms with Crippen LogP contribution in [0, 0.1) is 6.92 Å². The maximum absolute atomic E-state index is 12.8. The van der Waals surface area contributed by atoms with Crippen molar-refractivity contribution < 1.29 is 8.42 Å². The van der Waals surface area contributed by atoms with Gasteiger partial charge in [-0.2, -0.15) is 0 Å². The Labute approximate surface area is 146 Å². The molecule has 3 rings (SSSR count). The van der Waals surface area contributed by atoms with Crippen molar-refractivity contribution in [3.63, 3.8) is 0 Å². The lowest BCUT2D eigenvalue weighted by Crippen LogP contribution is -2.14. The zero-order valence-corrected chi connectivity index (χ0v) is 14.5.